The van der Waals surface area contributed by atoms with Gasteiger partial charge in [0.2, 0.25) is 0 Å². The molecule has 5 heteroatoms. The van der Waals surface area contributed by atoms with Crippen LogP contribution in [-0.2, 0) is 9.47 Å². The van der Waals surface area contributed by atoms with Gasteiger partial charge in [-0.25, -0.2) is 14.5 Å². The fourth-order valence-electron chi connectivity index (χ4n) is 1.07. The van der Waals surface area contributed by atoms with E-state index >= 15 is 0 Å². The molecule has 5 nitrogen and oxygen atoms in total. The van der Waals surface area contributed by atoms with Crippen LogP contribution >= 0.6 is 0 Å². The molecular formula is C10H15NO4. The van der Waals surface area contributed by atoms with E-state index in [-0.39, 0.29) is 6.54 Å². The minimum atomic E-state index is -0.686. The summed E-state index contributed by atoms with van der Waals surface area (Å²) in [5, 5.41) is 0. The standard InChI is InChI=1S/C10H15NO4/c1-5-7-6-11(8(12)14-7)9(13)15-10(2,3)4/h5,7H,1,6H2,2-4H3/t7-/m1/s1. The first-order valence-electron chi connectivity index (χ1n) is 4.67. The monoisotopic (exact) mass is 213 g/mol. The van der Waals surface area contributed by atoms with Gasteiger partial charge in [-0.05, 0) is 26.8 Å². The normalized spacial score (nSPS) is 21.1. The van der Waals surface area contributed by atoms with E-state index < -0.39 is 23.9 Å². The van der Waals surface area contributed by atoms with E-state index in [1.807, 2.05) is 0 Å². The first-order valence-corrected chi connectivity index (χ1v) is 4.67. The Labute approximate surface area is 88.6 Å². The lowest BCUT2D eigenvalue weighted by atomic mass is 10.2. The zero-order chi connectivity index (χ0) is 11.6. The van der Waals surface area contributed by atoms with Crippen molar-refractivity contribution >= 4 is 12.2 Å². The van der Waals surface area contributed by atoms with Gasteiger partial charge in [0.1, 0.15) is 11.7 Å². The van der Waals surface area contributed by atoms with E-state index in [9.17, 15) is 9.59 Å². The molecule has 0 saturated carbocycles. The molecule has 0 spiro atoms. The zero-order valence-electron chi connectivity index (χ0n) is 9.15. The van der Waals surface area contributed by atoms with Crippen molar-refractivity contribution in [2.45, 2.75) is 32.5 Å². The minimum Gasteiger partial charge on any atom is -0.443 e. The van der Waals surface area contributed by atoms with Crippen LogP contribution in [0.2, 0.25) is 0 Å². The lowest BCUT2D eigenvalue weighted by Crippen LogP contribution is -2.37. The third kappa shape index (κ3) is 2.97. The molecule has 1 aliphatic rings. The summed E-state index contributed by atoms with van der Waals surface area (Å²) in [6.45, 7) is 8.85. The minimum absolute atomic E-state index is 0.164. The van der Waals surface area contributed by atoms with Crippen molar-refractivity contribution < 1.29 is 19.1 Å². The molecular weight excluding hydrogens is 198 g/mol. The second kappa shape index (κ2) is 3.92. The van der Waals surface area contributed by atoms with Crippen LogP contribution in [0.4, 0.5) is 9.59 Å². The Morgan fingerprint density at radius 2 is 2.27 bits per heavy atom. The average molecular weight is 213 g/mol. The molecule has 84 valence electrons. The highest BCUT2D eigenvalue weighted by Gasteiger charge is 2.36. The van der Waals surface area contributed by atoms with Crippen LogP contribution in [0.3, 0.4) is 0 Å². The second-order valence-electron chi connectivity index (χ2n) is 4.25. The van der Waals surface area contributed by atoms with Crippen LogP contribution in [0.25, 0.3) is 0 Å². The quantitative estimate of drug-likeness (QED) is 0.624. The van der Waals surface area contributed by atoms with Gasteiger partial charge in [-0.3, -0.25) is 0 Å². The number of imide groups is 1. The third-order valence-corrected chi connectivity index (χ3v) is 1.71. The highest BCUT2D eigenvalue weighted by atomic mass is 16.6. The van der Waals surface area contributed by atoms with Crippen molar-refractivity contribution in [2.75, 3.05) is 6.54 Å². The van der Waals surface area contributed by atoms with Crippen molar-refractivity contribution in [1.82, 2.24) is 4.90 Å². The molecule has 0 aromatic carbocycles. The van der Waals surface area contributed by atoms with Crippen molar-refractivity contribution in [3.05, 3.63) is 12.7 Å². The Morgan fingerprint density at radius 3 is 2.67 bits per heavy atom. The first-order chi connectivity index (χ1) is 6.83. The molecule has 0 aromatic heterocycles. The number of carbonyl (C=O) groups excluding carboxylic acids is 2. The molecule has 0 radical (unpaired) electrons. The molecule has 0 N–H and O–H groups in total. The number of rotatable bonds is 1. The largest absolute Gasteiger partial charge is 0.443 e. The highest BCUT2D eigenvalue weighted by molar-refractivity contribution is 5.89. The predicted octanol–water partition coefficient (Wildman–Crippen LogP) is 1.93. The molecule has 1 saturated heterocycles. The van der Waals surface area contributed by atoms with Crippen molar-refractivity contribution in [2.24, 2.45) is 0 Å². The van der Waals surface area contributed by atoms with E-state index in [4.69, 9.17) is 9.47 Å². The van der Waals surface area contributed by atoms with Gasteiger partial charge in [-0.2, -0.15) is 0 Å². The smallest absolute Gasteiger partial charge is 0.420 e. The number of carbonyl (C=O) groups is 2. The van der Waals surface area contributed by atoms with Gasteiger partial charge >= 0.3 is 12.2 Å². The summed E-state index contributed by atoms with van der Waals surface area (Å²) in [4.78, 5) is 23.7. The van der Waals surface area contributed by atoms with Gasteiger partial charge in [-0.1, -0.05) is 6.58 Å². The van der Waals surface area contributed by atoms with E-state index in [2.05, 4.69) is 6.58 Å². The maximum Gasteiger partial charge on any atom is 0.420 e. The number of nitrogens with zero attached hydrogens (tertiary/aromatic N) is 1. The lowest BCUT2D eigenvalue weighted by molar-refractivity contribution is 0.0339. The maximum atomic E-state index is 11.5. The van der Waals surface area contributed by atoms with Crippen LogP contribution in [0, 0.1) is 0 Å². The summed E-state index contributed by atoms with van der Waals surface area (Å²) in [5.74, 6) is 0. The van der Waals surface area contributed by atoms with Crippen LogP contribution in [0.5, 0.6) is 0 Å². The summed E-state index contributed by atoms with van der Waals surface area (Å²) >= 11 is 0. The number of cyclic esters (lactones) is 1. The molecule has 0 aromatic rings. The third-order valence-electron chi connectivity index (χ3n) is 1.71. The Bertz CT molecular complexity index is 292. The molecule has 2 amide bonds. The van der Waals surface area contributed by atoms with Gasteiger partial charge in [0, 0.05) is 0 Å². The van der Waals surface area contributed by atoms with Gasteiger partial charge in [-0.15, -0.1) is 0 Å². The SMILES string of the molecule is C=C[C@@H]1CN(C(=O)OC(C)(C)C)C(=O)O1. The van der Waals surface area contributed by atoms with Gasteiger partial charge in [0.05, 0.1) is 6.54 Å². The molecule has 1 atom stereocenters. The first kappa shape index (κ1) is 11.6. The fourth-order valence-corrected chi connectivity index (χ4v) is 1.07. The van der Waals surface area contributed by atoms with Gasteiger partial charge in [0.25, 0.3) is 0 Å². The Hall–Kier alpha value is -1.52. The lowest BCUT2D eigenvalue weighted by Gasteiger charge is -2.21. The van der Waals surface area contributed by atoms with Gasteiger partial charge < -0.3 is 9.47 Å². The Morgan fingerprint density at radius 1 is 1.67 bits per heavy atom. The number of hydrogen-bond donors (Lipinski definition) is 0. The molecule has 0 bridgehead atoms. The summed E-state index contributed by atoms with van der Waals surface area (Å²) in [7, 11) is 0. The summed E-state index contributed by atoms with van der Waals surface area (Å²) in [5.41, 5.74) is -0.621. The predicted molar refractivity (Wildman–Crippen MR) is 53.4 cm³/mol. The van der Waals surface area contributed by atoms with Crippen LogP contribution in [0.1, 0.15) is 20.8 Å². The topological polar surface area (TPSA) is 55.8 Å². The molecule has 0 aliphatic carbocycles. The van der Waals surface area contributed by atoms with Crippen molar-refractivity contribution in [1.29, 1.82) is 0 Å². The molecule has 1 rings (SSSR count). The van der Waals surface area contributed by atoms with Crippen molar-refractivity contribution in [3.63, 3.8) is 0 Å². The fraction of sp³-hybridized carbons (Fsp3) is 0.600. The van der Waals surface area contributed by atoms with Crippen LogP contribution in [-0.4, -0.2) is 35.3 Å². The molecule has 1 heterocycles. The van der Waals surface area contributed by atoms with E-state index in [1.54, 1.807) is 20.8 Å². The Balaban J connectivity index is 2.62. The second-order valence-corrected chi connectivity index (χ2v) is 4.25. The maximum absolute atomic E-state index is 11.5. The van der Waals surface area contributed by atoms with Crippen LogP contribution in [0.15, 0.2) is 12.7 Å². The number of amides is 2. The molecule has 1 fully saturated rings. The highest BCUT2D eigenvalue weighted by Crippen LogP contribution is 2.16. The summed E-state index contributed by atoms with van der Waals surface area (Å²) in [6, 6.07) is 0. The van der Waals surface area contributed by atoms with E-state index in [1.165, 1.54) is 6.08 Å². The Kier molecular flexibility index (Phi) is 3.02. The molecule has 15 heavy (non-hydrogen) atoms. The van der Waals surface area contributed by atoms with Crippen molar-refractivity contribution in [3.8, 4) is 0 Å². The molecule has 0 unspecified atom stereocenters. The number of hydrogen-bond acceptors (Lipinski definition) is 4. The number of ether oxygens (including phenoxy) is 2. The zero-order valence-corrected chi connectivity index (χ0v) is 9.15. The summed E-state index contributed by atoms with van der Waals surface area (Å²) < 4.78 is 9.86. The van der Waals surface area contributed by atoms with E-state index in [0.29, 0.717) is 0 Å². The van der Waals surface area contributed by atoms with Gasteiger partial charge in [0.15, 0.2) is 0 Å². The van der Waals surface area contributed by atoms with Crippen LogP contribution < -0.4 is 0 Å². The molecule has 1 aliphatic heterocycles. The average Bonchev–Trinajstić information content (AvgIpc) is 2.43. The van der Waals surface area contributed by atoms with E-state index in [0.717, 1.165) is 4.90 Å². The summed E-state index contributed by atoms with van der Waals surface area (Å²) in [6.07, 6.45) is -0.335.